The van der Waals surface area contributed by atoms with Crippen molar-refractivity contribution in [1.29, 1.82) is 0 Å². The molecule has 0 aliphatic heterocycles. The summed E-state index contributed by atoms with van der Waals surface area (Å²) in [5.41, 5.74) is 4.40. The van der Waals surface area contributed by atoms with Gasteiger partial charge in [0.2, 0.25) is 0 Å². The Bertz CT molecular complexity index is 721. The van der Waals surface area contributed by atoms with Crippen molar-refractivity contribution in [1.82, 2.24) is 0 Å². The summed E-state index contributed by atoms with van der Waals surface area (Å²) in [5.74, 6) is 0.464. The van der Waals surface area contributed by atoms with Crippen molar-refractivity contribution >= 4 is 6.16 Å². The van der Waals surface area contributed by atoms with Gasteiger partial charge in [-0.2, -0.15) is 0 Å². The Morgan fingerprint density at radius 2 is 1.48 bits per heavy atom. The summed E-state index contributed by atoms with van der Waals surface area (Å²) in [6.07, 6.45) is 9.60. The van der Waals surface area contributed by atoms with Gasteiger partial charge in [0.1, 0.15) is 5.75 Å². The lowest BCUT2D eigenvalue weighted by atomic mass is 9.92. The molecule has 0 unspecified atom stereocenters. The molecule has 0 aromatic heterocycles. The van der Waals surface area contributed by atoms with Crippen LogP contribution in [0.25, 0.3) is 11.1 Å². The highest BCUT2D eigenvalue weighted by Gasteiger charge is 2.14. The molecule has 0 atom stereocenters. The van der Waals surface area contributed by atoms with E-state index in [1.165, 1.54) is 50.5 Å². The Hall–Kier alpha value is -2.29. The zero-order valence-electron chi connectivity index (χ0n) is 16.7. The van der Waals surface area contributed by atoms with Crippen molar-refractivity contribution in [2.24, 2.45) is 0 Å². The van der Waals surface area contributed by atoms with Gasteiger partial charge in [-0.05, 0) is 42.5 Å². The van der Waals surface area contributed by atoms with Gasteiger partial charge >= 0.3 is 6.16 Å². The second kappa shape index (κ2) is 11.4. The third-order valence-corrected chi connectivity index (χ3v) is 5.05. The molecule has 3 nitrogen and oxygen atoms in total. The van der Waals surface area contributed by atoms with Crippen molar-refractivity contribution < 1.29 is 14.6 Å². The van der Waals surface area contributed by atoms with Crippen LogP contribution >= 0.6 is 0 Å². The Kier molecular flexibility index (Phi) is 8.90. The average Bonchev–Trinajstić information content (AvgIpc) is 2.65. The Morgan fingerprint density at radius 3 is 2.15 bits per heavy atom. The molecule has 146 valence electrons. The third-order valence-electron chi connectivity index (χ3n) is 5.05. The Labute approximate surface area is 163 Å². The minimum Gasteiger partial charge on any atom is -0.449 e. The molecular weight excluding hydrogens is 336 g/mol. The van der Waals surface area contributed by atoms with Gasteiger partial charge in [-0.1, -0.05) is 88.3 Å². The first kappa shape index (κ1) is 21.0. The van der Waals surface area contributed by atoms with Crippen molar-refractivity contribution in [2.45, 2.75) is 71.6 Å². The summed E-state index contributed by atoms with van der Waals surface area (Å²) in [6.45, 7) is 4.32. The number of carboxylic acid groups (broad SMARTS) is 1. The minimum atomic E-state index is -1.26. The van der Waals surface area contributed by atoms with Gasteiger partial charge in [0, 0.05) is 5.56 Å². The predicted molar refractivity (Wildman–Crippen MR) is 112 cm³/mol. The average molecular weight is 369 g/mol. The summed E-state index contributed by atoms with van der Waals surface area (Å²) >= 11 is 0. The van der Waals surface area contributed by atoms with Crippen LogP contribution in [0.4, 0.5) is 4.79 Å². The van der Waals surface area contributed by atoms with Gasteiger partial charge in [-0.3, -0.25) is 0 Å². The van der Waals surface area contributed by atoms with E-state index in [2.05, 4.69) is 32.0 Å². The van der Waals surface area contributed by atoms with Crippen LogP contribution < -0.4 is 4.74 Å². The zero-order valence-corrected chi connectivity index (χ0v) is 16.7. The number of benzene rings is 2. The van der Waals surface area contributed by atoms with Crippen molar-refractivity contribution in [3.05, 3.63) is 53.6 Å². The number of carbonyl (C=O) groups is 1. The largest absolute Gasteiger partial charge is 0.511 e. The second-order valence-electron chi connectivity index (χ2n) is 7.19. The molecule has 0 fully saturated rings. The standard InChI is InChI=1S/C24H32O3/c1-3-4-5-6-7-8-9-10-16-22-21(20-15-12-11-14-19(20)2)17-13-18-23(22)27-24(25)26/h11-15,17-18H,3-10,16H2,1-2H3,(H,25,26). The van der Waals surface area contributed by atoms with E-state index < -0.39 is 6.16 Å². The van der Waals surface area contributed by atoms with Gasteiger partial charge in [0.05, 0.1) is 0 Å². The van der Waals surface area contributed by atoms with E-state index in [4.69, 9.17) is 9.84 Å². The molecule has 0 bridgehead atoms. The fraction of sp³-hybridized carbons (Fsp3) is 0.458. The summed E-state index contributed by atoms with van der Waals surface area (Å²) < 4.78 is 5.09. The van der Waals surface area contributed by atoms with Gasteiger partial charge in [-0.25, -0.2) is 4.79 Å². The van der Waals surface area contributed by atoms with E-state index in [-0.39, 0.29) is 0 Å². The maximum Gasteiger partial charge on any atom is 0.511 e. The van der Waals surface area contributed by atoms with Crippen LogP contribution in [0.15, 0.2) is 42.5 Å². The van der Waals surface area contributed by atoms with Gasteiger partial charge in [0.25, 0.3) is 0 Å². The first-order valence-electron chi connectivity index (χ1n) is 10.2. The predicted octanol–water partition coefficient (Wildman–Crippen LogP) is 7.40. The summed E-state index contributed by atoms with van der Waals surface area (Å²) in [6, 6.07) is 13.9. The molecule has 0 radical (unpaired) electrons. The van der Waals surface area contributed by atoms with E-state index in [1.54, 1.807) is 6.07 Å². The van der Waals surface area contributed by atoms with E-state index in [0.29, 0.717) is 5.75 Å². The van der Waals surface area contributed by atoms with E-state index in [1.807, 2.05) is 18.2 Å². The SMILES string of the molecule is CCCCCCCCCCc1c(OC(=O)O)cccc1-c1ccccc1C. The van der Waals surface area contributed by atoms with Gasteiger partial charge in [0.15, 0.2) is 0 Å². The van der Waals surface area contributed by atoms with Crippen LogP contribution in [0.2, 0.25) is 0 Å². The minimum absolute atomic E-state index is 0.464. The number of ether oxygens (including phenoxy) is 1. The van der Waals surface area contributed by atoms with Crippen molar-refractivity contribution in [2.75, 3.05) is 0 Å². The highest BCUT2D eigenvalue weighted by atomic mass is 16.7. The monoisotopic (exact) mass is 368 g/mol. The fourth-order valence-corrected chi connectivity index (χ4v) is 3.58. The number of rotatable bonds is 11. The third kappa shape index (κ3) is 6.74. The molecule has 0 aliphatic rings. The molecule has 27 heavy (non-hydrogen) atoms. The molecule has 0 saturated carbocycles. The fourth-order valence-electron chi connectivity index (χ4n) is 3.58. The molecule has 2 aromatic rings. The summed E-state index contributed by atoms with van der Waals surface area (Å²) in [5, 5.41) is 9.10. The second-order valence-corrected chi connectivity index (χ2v) is 7.19. The quantitative estimate of drug-likeness (QED) is 0.255. The maximum atomic E-state index is 11.1. The van der Waals surface area contributed by atoms with Crippen molar-refractivity contribution in [3.8, 4) is 16.9 Å². The first-order chi connectivity index (χ1) is 13.1. The lowest BCUT2D eigenvalue weighted by Crippen LogP contribution is -2.06. The van der Waals surface area contributed by atoms with Crippen LogP contribution in [-0.2, 0) is 6.42 Å². The molecule has 0 aliphatic carbocycles. The Morgan fingerprint density at radius 1 is 0.852 bits per heavy atom. The lowest BCUT2D eigenvalue weighted by Gasteiger charge is -2.15. The van der Waals surface area contributed by atoms with Gasteiger partial charge < -0.3 is 9.84 Å². The molecule has 0 spiro atoms. The molecule has 0 amide bonds. The molecule has 3 heteroatoms. The molecular formula is C24H32O3. The van der Waals surface area contributed by atoms with Crippen LogP contribution in [0.5, 0.6) is 5.75 Å². The van der Waals surface area contributed by atoms with Crippen LogP contribution in [-0.4, -0.2) is 11.3 Å². The Balaban J connectivity index is 2.08. The summed E-state index contributed by atoms with van der Waals surface area (Å²) in [4.78, 5) is 11.1. The normalized spacial score (nSPS) is 10.7. The topological polar surface area (TPSA) is 46.5 Å². The number of hydrogen-bond donors (Lipinski definition) is 1. The van der Waals surface area contributed by atoms with E-state index in [9.17, 15) is 4.79 Å². The number of hydrogen-bond acceptors (Lipinski definition) is 2. The van der Waals surface area contributed by atoms with Crippen LogP contribution in [0, 0.1) is 6.92 Å². The maximum absolute atomic E-state index is 11.1. The van der Waals surface area contributed by atoms with Crippen LogP contribution in [0.1, 0.15) is 69.4 Å². The van der Waals surface area contributed by atoms with Crippen LogP contribution in [0.3, 0.4) is 0 Å². The summed E-state index contributed by atoms with van der Waals surface area (Å²) in [7, 11) is 0. The lowest BCUT2D eigenvalue weighted by molar-refractivity contribution is 0.144. The number of aryl methyl sites for hydroxylation is 1. The van der Waals surface area contributed by atoms with Gasteiger partial charge in [-0.15, -0.1) is 0 Å². The highest BCUT2D eigenvalue weighted by molar-refractivity contribution is 5.74. The smallest absolute Gasteiger partial charge is 0.449 e. The molecule has 0 heterocycles. The molecule has 2 rings (SSSR count). The molecule has 2 aromatic carbocycles. The molecule has 0 saturated heterocycles. The van der Waals surface area contributed by atoms with Crippen molar-refractivity contribution in [3.63, 3.8) is 0 Å². The number of unbranched alkanes of at least 4 members (excludes halogenated alkanes) is 7. The molecule has 1 N–H and O–H groups in total. The highest BCUT2D eigenvalue weighted by Crippen LogP contribution is 2.34. The first-order valence-corrected chi connectivity index (χ1v) is 10.2. The zero-order chi connectivity index (χ0) is 19.5. The van der Waals surface area contributed by atoms with E-state index >= 15 is 0 Å². The van der Waals surface area contributed by atoms with E-state index in [0.717, 1.165) is 29.5 Å².